The van der Waals surface area contributed by atoms with Crippen molar-refractivity contribution in [2.45, 2.75) is 44.7 Å². The molecule has 5 heteroatoms. The summed E-state index contributed by atoms with van der Waals surface area (Å²) in [7, 11) is 0. The third-order valence-corrected chi connectivity index (χ3v) is 5.58. The van der Waals surface area contributed by atoms with E-state index in [-0.39, 0.29) is 5.82 Å². The summed E-state index contributed by atoms with van der Waals surface area (Å²) < 4.78 is 19.3. The van der Waals surface area contributed by atoms with Gasteiger partial charge in [0.15, 0.2) is 0 Å². The van der Waals surface area contributed by atoms with Gasteiger partial charge in [0.25, 0.3) is 0 Å². The lowest BCUT2D eigenvalue weighted by Gasteiger charge is -2.29. The molecule has 2 unspecified atom stereocenters. The van der Waals surface area contributed by atoms with Crippen molar-refractivity contribution in [3.63, 3.8) is 0 Å². The number of halogens is 1. The lowest BCUT2D eigenvalue weighted by Crippen LogP contribution is -2.42. The fourth-order valence-electron chi connectivity index (χ4n) is 4.33. The summed E-state index contributed by atoms with van der Waals surface area (Å²) in [6, 6.07) is 13.1. The van der Waals surface area contributed by atoms with Gasteiger partial charge in [-0.3, -0.25) is 0 Å². The van der Waals surface area contributed by atoms with E-state index in [9.17, 15) is 9.18 Å². The van der Waals surface area contributed by atoms with Crippen LogP contribution in [0.5, 0.6) is 5.75 Å². The van der Waals surface area contributed by atoms with E-state index in [1.54, 1.807) is 0 Å². The molecular formula is C22H25FN2O2. The normalized spacial score (nSPS) is 23.9. The molecule has 2 atom stereocenters. The summed E-state index contributed by atoms with van der Waals surface area (Å²) in [5.41, 5.74) is 2.47. The van der Waals surface area contributed by atoms with Gasteiger partial charge in [-0.25, -0.2) is 9.18 Å². The number of hydrogen-bond donors (Lipinski definition) is 2. The fourth-order valence-corrected chi connectivity index (χ4v) is 4.33. The summed E-state index contributed by atoms with van der Waals surface area (Å²) in [5, 5.41) is 6.50. The molecule has 2 fully saturated rings. The SMILES string of the molecule is Cc1cccc(-c2cc(F)ccc2OC(=O)NCC2CC3CCC(C2)N3)c1. The Bertz CT molecular complexity index is 827. The van der Waals surface area contributed by atoms with E-state index in [1.165, 1.54) is 31.0 Å². The number of piperidine rings is 1. The first kappa shape index (κ1) is 18.0. The summed E-state index contributed by atoms with van der Waals surface area (Å²) in [6.45, 7) is 2.59. The third kappa shape index (κ3) is 4.30. The molecule has 4 nitrogen and oxygen atoms in total. The fraction of sp³-hybridized carbons (Fsp3) is 0.409. The molecule has 2 heterocycles. The van der Waals surface area contributed by atoms with Crippen LogP contribution in [0.15, 0.2) is 42.5 Å². The first-order chi connectivity index (χ1) is 13.1. The van der Waals surface area contributed by atoms with E-state index in [1.807, 2.05) is 31.2 Å². The highest BCUT2D eigenvalue weighted by Crippen LogP contribution is 2.32. The number of carbonyl (C=O) groups is 1. The van der Waals surface area contributed by atoms with Crippen LogP contribution in [0.2, 0.25) is 0 Å². The maximum atomic E-state index is 13.8. The maximum absolute atomic E-state index is 13.8. The van der Waals surface area contributed by atoms with Crippen LogP contribution >= 0.6 is 0 Å². The van der Waals surface area contributed by atoms with E-state index in [4.69, 9.17) is 4.74 Å². The molecule has 4 rings (SSSR count). The molecule has 2 N–H and O–H groups in total. The molecular weight excluding hydrogens is 343 g/mol. The molecule has 0 saturated carbocycles. The van der Waals surface area contributed by atoms with Crippen LogP contribution in [0.4, 0.5) is 9.18 Å². The van der Waals surface area contributed by atoms with Crippen molar-refractivity contribution < 1.29 is 13.9 Å². The lowest BCUT2D eigenvalue weighted by molar-refractivity contribution is 0.194. The predicted octanol–water partition coefficient (Wildman–Crippen LogP) is 4.42. The van der Waals surface area contributed by atoms with Crippen LogP contribution in [-0.2, 0) is 0 Å². The van der Waals surface area contributed by atoms with Crippen molar-refractivity contribution in [1.82, 2.24) is 10.6 Å². The highest BCUT2D eigenvalue weighted by atomic mass is 19.1. The third-order valence-electron chi connectivity index (χ3n) is 5.58. The Morgan fingerprint density at radius 3 is 2.70 bits per heavy atom. The van der Waals surface area contributed by atoms with Crippen LogP contribution in [0.25, 0.3) is 11.1 Å². The highest BCUT2D eigenvalue weighted by Gasteiger charge is 2.33. The van der Waals surface area contributed by atoms with E-state index in [0.29, 0.717) is 35.9 Å². The van der Waals surface area contributed by atoms with Crippen LogP contribution in [0, 0.1) is 18.7 Å². The van der Waals surface area contributed by atoms with Crippen LogP contribution in [-0.4, -0.2) is 24.7 Å². The Morgan fingerprint density at radius 2 is 1.96 bits per heavy atom. The zero-order chi connectivity index (χ0) is 18.8. The Morgan fingerprint density at radius 1 is 1.19 bits per heavy atom. The van der Waals surface area contributed by atoms with Gasteiger partial charge < -0.3 is 15.4 Å². The number of hydrogen-bond acceptors (Lipinski definition) is 3. The molecule has 0 aliphatic carbocycles. The lowest BCUT2D eigenvalue weighted by atomic mass is 9.92. The van der Waals surface area contributed by atoms with Crippen molar-refractivity contribution in [3.05, 3.63) is 53.8 Å². The number of ether oxygens (including phenoxy) is 1. The molecule has 0 aromatic heterocycles. The standard InChI is InChI=1S/C22H25FN2O2/c1-14-3-2-4-16(9-14)20-12-17(23)5-8-21(20)27-22(26)24-13-15-10-18-6-7-19(11-15)25-18/h2-5,8-9,12,15,18-19,25H,6-7,10-11,13H2,1H3,(H,24,26). The Hall–Kier alpha value is -2.40. The first-order valence-corrected chi connectivity index (χ1v) is 9.65. The van der Waals surface area contributed by atoms with Gasteiger partial charge >= 0.3 is 6.09 Å². The Balaban J connectivity index is 1.42. The number of rotatable bonds is 4. The largest absolute Gasteiger partial charge is 0.412 e. The number of amides is 1. The summed E-state index contributed by atoms with van der Waals surface area (Å²) in [6.07, 6.45) is 4.19. The summed E-state index contributed by atoms with van der Waals surface area (Å²) in [4.78, 5) is 12.3. The van der Waals surface area contributed by atoms with Gasteiger partial charge in [-0.15, -0.1) is 0 Å². The van der Waals surface area contributed by atoms with E-state index >= 15 is 0 Å². The molecule has 142 valence electrons. The van der Waals surface area contributed by atoms with Crippen molar-refractivity contribution >= 4 is 6.09 Å². The van der Waals surface area contributed by atoms with Gasteiger partial charge in [0.2, 0.25) is 0 Å². The molecule has 27 heavy (non-hydrogen) atoms. The van der Waals surface area contributed by atoms with Gasteiger partial charge in [0.05, 0.1) is 0 Å². The molecule has 2 aliphatic rings. The molecule has 2 aliphatic heterocycles. The monoisotopic (exact) mass is 368 g/mol. The van der Waals surface area contributed by atoms with Crippen LogP contribution < -0.4 is 15.4 Å². The van der Waals surface area contributed by atoms with Gasteiger partial charge in [-0.05, 0) is 62.3 Å². The quantitative estimate of drug-likeness (QED) is 0.840. The van der Waals surface area contributed by atoms with Gasteiger partial charge in [0, 0.05) is 24.2 Å². The predicted molar refractivity (Wildman–Crippen MR) is 103 cm³/mol. The van der Waals surface area contributed by atoms with Crippen molar-refractivity contribution in [3.8, 4) is 16.9 Å². The highest BCUT2D eigenvalue weighted by molar-refractivity contribution is 5.77. The van der Waals surface area contributed by atoms with Gasteiger partial charge in [-0.2, -0.15) is 0 Å². The summed E-state index contributed by atoms with van der Waals surface area (Å²) >= 11 is 0. The Labute approximate surface area is 159 Å². The van der Waals surface area contributed by atoms with Gasteiger partial charge in [0.1, 0.15) is 11.6 Å². The molecule has 2 aromatic carbocycles. The minimum Gasteiger partial charge on any atom is -0.410 e. The molecule has 2 bridgehead atoms. The summed E-state index contributed by atoms with van der Waals surface area (Å²) in [5.74, 6) is 0.495. The number of fused-ring (bicyclic) bond motifs is 2. The molecule has 0 radical (unpaired) electrons. The minimum absolute atomic E-state index is 0.357. The van der Waals surface area contributed by atoms with E-state index in [0.717, 1.165) is 24.0 Å². The van der Waals surface area contributed by atoms with Crippen LogP contribution in [0.3, 0.4) is 0 Å². The molecule has 0 spiro atoms. The van der Waals surface area contributed by atoms with Gasteiger partial charge in [-0.1, -0.05) is 29.8 Å². The molecule has 2 saturated heterocycles. The van der Waals surface area contributed by atoms with Crippen molar-refractivity contribution in [2.24, 2.45) is 5.92 Å². The number of nitrogens with one attached hydrogen (secondary N) is 2. The smallest absolute Gasteiger partial charge is 0.410 e. The first-order valence-electron chi connectivity index (χ1n) is 9.65. The Kier molecular flexibility index (Phi) is 5.12. The number of aryl methyl sites for hydroxylation is 1. The van der Waals surface area contributed by atoms with Crippen LogP contribution in [0.1, 0.15) is 31.2 Å². The van der Waals surface area contributed by atoms with Crippen molar-refractivity contribution in [1.29, 1.82) is 0 Å². The topological polar surface area (TPSA) is 50.4 Å². The second-order valence-electron chi connectivity index (χ2n) is 7.76. The minimum atomic E-state index is -0.485. The number of carbonyl (C=O) groups excluding carboxylic acids is 1. The van der Waals surface area contributed by atoms with Crippen molar-refractivity contribution in [2.75, 3.05) is 6.54 Å². The second kappa shape index (κ2) is 7.69. The number of benzene rings is 2. The van der Waals surface area contributed by atoms with E-state index < -0.39 is 6.09 Å². The molecule has 1 amide bonds. The van der Waals surface area contributed by atoms with E-state index in [2.05, 4.69) is 10.6 Å². The second-order valence-corrected chi connectivity index (χ2v) is 7.76. The average Bonchev–Trinajstić information content (AvgIpc) is 2.99. The molecule has 2 aromatic rings. The zero-order valence-electron chi connectivity index (χ0n) is 15.5. The zero-order valence-corrected chi connectivity index (χ0v) is 15.5. The maximum Gasteiger partial charge on any atom is 0.412 e. The average molecular weight is 368 g/mol.